The molecule has 0 heterocycles. The van der Waals surface area contributed by atoms with Gasteiger partial charge in [-0.1, -0.05) is 18.5 Å². The molecule has 1 aliphatic carbocycles. The number of carbonyl (C=O) groups excluding carboxylic acids is 1. The zero-order valence-electron chi connectivity index (χ0n) is 9.79. The number of nitrogens with one attached hydrogen (secondary N) is 1. The maximum Gasteiger partial charge on any atom is 0.255 e. The Kier molecular flexibility index (Phi) is 3.29. The zero-order chi connectivity index (χ0) is 12.5. The van der Waals surface area contributed by atoms with Gasteiger partial charge in [-0.05, 0) is 43.9 Å². The second kappa shape index (κ2) is 4.57. The molecule has 0 atom stereocenters. The largest absolute Gasteiger partial charge is 0.507 e. The van der Waals surface area contributed by atoms with Crippen molar-refractivity contribution in [1.82, 2.24) is 5.32 Å². The predicted molar refractivity (Wildman–Crippen MR) is 67.5 cm³/mol. The maximum absolute atomic E-state index is 12.1. The summed E-state index contributed by atoms with van der Waals surface area (Å²) < 4.78 is 0. The van der Waals surface area contributed by atoms with E-state index in [4.69, 9.17) is 11.6 Å². The molecule has 0 unspecified atom stereocenters. The number of rotatable bonds is 3. The Bertz CT molecular complexity index is 436. The summed E-state index contributed by atoms with van der Waals surface area (Å²) in [6, 6.07) is 4.50. The fourth-order valence-corrected chi connectivity index (χ4v) is 2.34. The number of aromatic hydroxyl groups is 1. The molecule has 1 aromatic rings. The van der Waals surface area contributed by atoms with Crippen molar-refractivity contribution >= 4 is 17.5 Å². The summed E-state index contributed by atoms with van der Waals surface area (Å²) in [5.74, 6) is -0.274. The minimum absolute atomic E-state index is 0.0301. The molecular formula is C13H16ClNO2. The SMILES string of the molecule is CCC1(NC(=O)c2cc(Cl)ccc2O)CCC1. The second-order valence-corrected chi connectivity index (χ2v) is 5.04. The van der Waals surface area contributed by atoms with Gasteiger partial charge in [0.2, 0.25) is 0 Å². The van der Waals surface area contributed by atoms with E-state index in [2.05, 4.69) is 12.2 Å². The fraction of sp³-hybridized carbons (Fsp3) is 0.462. The van der Waals surface area contributed by atoms with Gasteiger partial charge in [-0.15, -0.1) is 0 Å². The van der Waals surface area contributed by atoms with Crippen LogP contribution in [0.1, 0.15) is 43.0 Å². The Hall–Kier alpha value is -1.22. The Morgan fingerprint density at radius 3 is 2.76 bits per heavy atom. The Morgan fingerprint density at radius 1 is 1.53 bits per heavy atom. The van der Waals surface area contributed by atoms with Gasteiger partial charge in [0.15, 0.2) is 0 Å². The molecule has 2 rings (SSSR count). The average Bonchev–Trinajstić information content (AvgIpc) is 2.26. The van der Waals surface area contributed by atoms with Crippen molar-refractivity contribution in [2.45, 2.75) is 38.1 Å². The highest BCUT2D eigenvalue weighted by molar-refractivity contribution is 6.31. The number of amides is 1. The number of carbonyl (C=O) groups is 1. The van der Waals surface area contributed by atoms with Crippen LogP contribution in [0.3, 0.4) is 0 Å². The first kappa shape index (κ1) is 12.2. The molecule has 92 valence electrons. The highest BCUT2D eigenvalue weighted by atomic mass is 35.5. The van der Waals surface area contributed by atoms with Gasteiger partial charge < -0.3 is 10.4 Å². The minimum Gasteiger partial charge on any atom is -0.507 e. The van der Waals surface area contributed by atoms with E-state index >= 15 is 0 Å². The van der Waals surface area contributed by atoms with Crippen LogP contribution in [0.4, 0.5) is 0 Å². The van der Waals surface area contributed by atoms with Gasteiger partial charge in [0.25, 0.3) is 5.91 Å². The van der Waals surface area contributed by atoms with Gasteiger partial charge in [0.1, 0.15) is 5.75 Å². The molecule has 3 nitrogen and oxygen atoms in total. The Morgan fingerprint density at radius 2 is 2.24 bits per heavy atom. The zero-order valence-corrected chi connectivity index (χ0v) is 10.5. The molecule has 4 heteroatoms. The van der Waals surface area contributed by atoms with Crippen LogP contribution in [0.25, 0.3) is 0 Å². The lowest BCUT2D eigenvalue weighted by Crippen LogP contribution is -2.52. The van der Waals surface area contributed by atoms with Crippen LogP contribution in [-0.4, -0.2) is 16.6 Å². The maximum atomic E-state index is 12.1. The number of hydrogen-bond donors (Lipinski definition) is 2. The summed E-state index contributed by atoms with van der Waals surface area (Å²) in [5.41, 5.74) is 0.170. The van der Waals surface area contributed by atoms with Crippen LogP contribution in [-0.2, 0) is 0 Å². The molecule has 1 saturated carbocycles. The molecule has 0 aromatic heterocycles. The van der Waals surface area contributed by atoms with Crippen molar-refractivity contribution in [2.24, 2.45) is 0 Å². The van der Waals surface area contributed by atoms with Crippen molar-refractivity contribution in [3.8, 4) is 5.75 Å². The van der Waals surface area contributed by atoms with E-state index in [9.17, 15) is 9.90 Å². The monoisotopic (exact) mass is 253 g/mol. The third-order valence-corrected chi connectivity index (χ3v) is 3.80. The summed E-state index contributed by atoms with van der Waals surface area (Å²) in [6.07, 6.45) is 4.09. The normalized spacial score (nSPS) is 17.3. The van der Waals surface area contributed by atoms with Gasteiger partial charge in [-0.25, -0.2) is 0 Å². The minimum atomic E-state index is -0.244. The molecule has 0 aliphatic heterocycles. The number of halogens is 1. The van der Waals surface area contributed by atoms with Crippen LogP contribution >= 0.6 is 11.6 Å². The fourth-order valence-electron chi connectivity index (χ4n) is 2.17. The summed E-state index contributed by atoms with van der Waals surface area (Å²) in [5, 5.41) is 13.1. The number of phenolic OH excluding ortho intramolecular Hbond substituents is 1. The second-order valence-electron chi connectivity index (χ2n) is 4.60. The molecule has 0 saturated heterocycles. The van der Waals surface area contributed by atoms with Crippen molar-refractivity contribution in [3.63, 3.8) is 0 Å². The van der Waals surface area contributed by atoms with E-state index in [-0.39, 0.29) is 22.8 Å². The first-order chi connectivity index (χ1) is 8.06. The van der Waals surface area contributed by atoms with Gasteiger partial charge >= 0.3 is 0 Å². The Balaban J connectivity index is 2.17. The van der Waals surface area contributed by atoms with E-state index in [1.54, 1.807) is 6.07 Å². The first-order valence-electron chi connectivity index (χ1n) is 5.87. The van der Waals surface area contributed by atoms with E-state index in [1.165, 1.54) is 12.1 Å². The standard InChI is InChI=1S/C13H16ClNO2/c1-2-13(6-3-7-13)15-12(17)10-8-9(14)4-5-11(10)16/h4-5,8,16H,2-3,6-7H2,1H3,(H,15,17). The van der Waals surface area contributed by atoms with Gasteiger partial charge in [0.05, 0.1) is 5.56 Å². The van der Waals surface area contributed by atoms with E-state index in [0.717, 1.165) is 25.7 Å². The molecule has 0 spiro atoms. The van der Waals surface area contributed by atoms with E-state index in [1.807, 2.05) is 0 Å². The molecule has 0 radical (unpaired) electrons. The van der Waals surface area contributed by atoms with Gasteiger partial charge in [0, 0.05) is 10.6 Å². The molecule has 1 fully saturated rings. The van der Waals surface area contributed by atoms with E-state index in [0.29, 0.717) is 5.02 Å². The van der Waals surface area contributed by atoms with Crippen molar-refractivity contribution < 1.29 is 9.90 Å². The van der Waals surface area contributed by atoms with Crippen molar-refractivity contribution in [1.29, 1.82) is 0 Å². The number of phenols is 1. The summed E-state index contributed by atoms with van der Waals surface area (Å²) >= 11 is 5.82. The quantitative estimate of drug-likeness (QED) is 0.870. The lowest BCUT2D eigenvalue weighted by atomic mass is 9.74. The van der Waals surface area contributed by atoms with E-state index < -0.39 is 0 Å². The lowest BCUT2D eigenvalue weighted by Gasteiger charge is -2.42. The number of hydrogen-bond acceptors (Lipinski definition) is 2. The molecule has 1 amide bonds. The number of benzene rings is 1. The molecule has 17 heavy (non-hydrogen) atoms. The summed E-state index contributed by atoms with van der Waals surface area (Å²) in [7, 11) is 0. The molecule has 0 bridgehead atoms. The summed E-state index contributed by atoms with van der Waals surface area (Å²) in [4.78, 5) is 12.1. The van der Waals surface area contributed by atoms with Crippen LogP contribution < -0.4 is 5.32 Å². The molecular weight excluding hydrogens is 238 g/mol. The third-order valence-electron chi connectivity index (χ3n) is 3.57. The molecule has 2 N–H and O–H groups in total. The van der Waals surface area contributed by atoms with Crippen LogP contribution in [0, 0.1) is 0 Å². The lowest BCUT2D eigenvalue weighted by molar-refractivity contribution is 0.0818. The highest BCUT2D eigenvalue weighted by Crippen LogP contribution is 2.35. The van der Waals surface area contributed by atoms with Gasteiger partial charge in [-0.3, -0.25) is 4.79 Å². The first-order valence-corrected chi connectivity index (χ1v) is 6.25. The van der Waals surface area contributed by atoms with Gasteiger partial charge in [-0.2, -0.15) is 0 Å². The molecule has 1 aliphatic rings. The predicted octanol–water partition coefficient (Wildman–Crippen LogP) is 3.11. The van der Waals surface area contributed by atoms with Crippen molar-refractivity contribution in [3.05, 3.63) is 28.8 Å². The van der Waals surface area contributed by atoms with Crippen LogP contribution in [0.15, 0.2) is 18.2 Å². The Labute approximate surface area is 106 Å². The topological polar surface area (TPSA) is 49.3 Å². The smallest absolute Gasteiger partial charge is 0.255 e. The molecule has 1 aromatic carbocycles. The van der Waals surface area contributed by atoms with Crippen molar-refractivity contribution in [2.75, 3.05) is 0 Å². The summed E-state index contributed by atoms with van der Waals surface area (Å²) in [6.45, 7) is 2.07. The third kappa shape index (κ3) is 2.39. The highest BCUT2D eigenvalue weighted by Gasteiger charge is 2.36. The van der Waals surface area contributed by atoms with Crippen LogP contribution in [0.5, 0.6) is 5.75 Å². The van der Waals surface area contributed by atoms with Crippen LogP contribution in [0.2, 0.25) is 5.02 Å². The average molecular weight is 254 g/mol.